The van der Waals surface area contributed by atoms with Crippen molar-refractivity contribution in [2.75, 3.05) is 10.5 Å². The molecule has 7 heteroatoms. The lowest BCUT2D eigenvalue weighted by molar-refractivity contribution is 0.599. The van der Waals surface area contributed by atoms with E-state index in [1.807, 2.05) is 0 Å². The van der Waals surface area contributed by atoms with E-state index in [2.05, 4.69) is 4.72 Å². The topological polar surface area (TPSA) is 68.2 Å². The van der Waals surface area contributed by atoms with Crippen LogP contribution < -0.4 is 10.3 Å². The quantitative estimate of drug-likeness (QED) is 0.883. The maximum absolute atomic E-state index is 13.1. The van der Waals surface area contributed by atoms with Crippen molar-refractivity contribution >= 4 is 15.7 Å². The third kappa shape index (κ3) is 4.42. The number of aromatic nitrogens is 1. The molecule has 0 atom stereocenters. The maximum atomic E-state index is 13.1. The van der Waals surface area contributed by atoms with Crippen molar-refractivity contribution in [1.29, 1.82) is 0 Å². The first-order chi connectivity index (χ1) is 10.4. The fourth-order valence-corrected chi connectivity index (χ4v) is 3.10. The molecule has 5 nitrogen and oxygen atoms in total. The second kappa shape index (κ2) is 6.74. The Morgan fingerprint density at radius 2 is 2.00 bits per heavy atom. The lowest BCUT2D eigenvalue weighted by Gasteiger charge is -2.10. The van der Waals surface area contributed by atoms with Gasteiger partial charge in [0.1, 0.15) is 5.82 Å². The largest absolute Gasteiger partial charge is 0.314 e. The number of aryl methyl sites for hydroxylation is 2. The van der Waals surface area contributed by atoms with Crippen LogP contribution in [0.2, 0.25) is 0 Å². The van der Waals surface area contributed by atoms with Gasteiger partial charge in [0, 0.05) is 18.8 Å². The summed E-state index contributed by atoms with van der Waals surface area (Å²) < 4.78 is 41.0. The Bertz CT molecular complexity index is 816. The Kier molecular flexibility index (Phi) is 4.97. The summed E-state index contributed by atoms with van der Waals surface area (Å²) in [6.07, 6.45) is 1.67. The van der Waals surface area contributed by atoms with Crippen molar-refractivity contribution in [1.82, 2.24) is 4.57 Å². The molecule has 0 bridgehead atoms. The summed E-state index contributed by atoms with van der Waals surface area (Å²) in [7, 11) is -3.57. The number of anilines is 1. The minimum absolute atomic E-state index is 0.165. The van der Waals surface area contributed by atoms with Crippen molar-refractivity contribution in [3.05, 3.63) is 64.3 Å². The molecule has 2 rings (SSSR count). The lowest BCUT2D eigenvalue weighted by Crippen LogP contribution is -2.22. The zero-order chi connectivity index (χ0) is 16.2. The number of nitrogens with zero attached hydrogens (tertiary/aromatic N) is 1. The van der Waals surface area contributed by atoms with Gasteiger partial charge in [0.2, 0.25) is 10.0 Å². The van der Waals surface area contributed by atoms with Gasteiger partial charge in [-0.1, -0.05) is 12.1 Å². The predicted molar refractivity (Wildman–Crippen MR) is 83.9 cm³/mol. The van der Waals surface area contributed by atoms with Gasteiger partial charge in [0.05, 0.1) is 11.4 Å². The molecule has 0 saturated carbocycles. The van der Waals surface area contributed by atoms with Crippen LogP contribution >= 0.6 is 0 Å². The van der Waals surface area contributed by atoms with E-state index < -0.39 is 15.8 Å². The number of benzene rings is 1. The molecule has 0 aliphatic carbocycles. The average Bonchev–Trinajstić information content (AvgIpc) is 2.47. The minimum Gasteiger partial charge on any atom is -0.314 e. The molecule has 0 spiro atoms. The van der Waals surface area contributed by atoms with Gasteiger partial charge >= 0.3 is 0 Å². The molecule has 0 radical (unpaired) electrons. The fraction of sp³-hybridized carbons (Fsp3) is 0.267. The highest BCUT2D eigenvalue weighted by Gasteiger charge is 2.11. The van der Waals surface area contributed by atoms with E-state index in [1.54, 1.807) is 19.1 Å². The molecule has 1 aromatic carbocycles. The van der Waals surface area contributed by atoms with Crippen LogP contribution in [0, 0.1) is 5.82 Å². The predicted octanol–water partition coefficient (Wildman–Crippen LogP) is 1.99. The number of sulfonamides is 1. The molecule has 1 aromatic heterocycles. The zero-order valence-electron chi connectivity index (χ0n) is 12.1. The van der Waals surface area contributed by atoms with Crippen LogP contribution in [0.25, 0.3) is 0 Å². The molecule has 0 saturated heterocycles. The highest BCUT2D eigenvalue weighted by atomic mass is 32.2. The van der Waals surface area contributed by atoms with E-state index in [1.165, 1.54) is 35.0 Å². The summed E-state index contributed by atoms with van der Waals surface area (Å²) in [4.78, 5) is 11.5. The summed E-state index contributed by atoms with van der Waals surface area (Å²) in [6.45, 7) is 2.25. The minimum atomic E-state index is -3.57. The Hall–Kier alpha value is -2.15. The Labute approximate surface area is 128 Å². The van der Waals surface area contributed by atoms with Gasteiger partial charge in [-0.2, -0.15) is 0 Å². The van der Waals surface area contributed by atoms with Crippen molar-refractivity contribution in [3.63, 3.8) is 0 Å². The van der Waals surface area contributed by atoms with Crippen LogP contribution in [0.4, 0.5) is 10.1 Å². The first-order valence-corrected chi connectivity index (χ1v) is 8.50. The molecule has 0 unspecified atom stereocenters. The second-order valence-electron chi connectivity index (χ2n) is 4.84. The average molecular weight is 324 g/mol. The fourth-order valence-electron chi connectivity index (χ4n) is 2.01. The summed E-state index contributed by atoms with van der Waals surface area (Å²) in [5, 5.41) is 0. The van der Waals surface area contributed by atoms with Gasteiger partial charge in [0.25, 0.3) is 5.56 Å². The standard InChI is InChI=1S/C15H17FN2O3S/c1-2-18-11-14(6-7-15(18)19)17-22(20,21)9-8-12-4-3-5-13(16)10-12/h3-7,10-11,17H,2,8-9H2,1H3. The van der Waals surface area contributed by atoms with Crippen molar-refractivity contribution in [2.45, 2.75) is 19.9 Å². The maximum Gasteiger partial charge on any atom is 0.250 e. The van der Waals surface area contributed by atoms with Crippen molar-refractivity contribution < 1.29 is 12.8 Å². The Balaban J connectivity index is 2.06. The van der Waals surface area contributed by atoms with Crippen LogP contribution in [-0.4, -0.2) is 18.7 Å². The van der Waals surface area contributed by atoms with E-state index in [0.29, 0.717) is 17.8 Å². The number of rotatable bonds is 6. The third-order valence-corrected chi connectivity index (χ3v) is 4.43. The van der Waals surface area contributed by atoms with Crippen LogP contribution in [0.15, 0.2) is 47.4 Å². The molecule has 118 valence electrons. The summed E-state index contributed by atoms with van der Waals surface area (Å²) >= 11 is 0. The SMILES string of the molecule is CCn1cc(NS(=O)(=O)CCc2cccc(F)c2)ccc1=O. The zero-order valence-corrected chi connectivity index (χ0v) is 12.9. The first-order valence-electron chi connectivity index (χ1n) is 6.85. The number of halogens is 1. The molecule has 1 heterocycles. The summed E-state index contributed by atoms with van der Waals surface area (Å²) in [5.74, 6) is -0.556. The van der Waals surface area contributed by atoms with Crippen LogP contribution in [0.1, 0.15) is 12.5 Å². The van der Waals surface area contributed by atoms with E-state index in [0.717, 1.165) is 0 Å². The molecule has 1 N–H and O–H groups in total. The summed E-state index contributed by atoms with van der Waals surface area (Å²) in [6, 6.07) is 8.58. The Morgan fingerprint density at radius 1 is 1.23 bits per heavy atom. The second-order valence-corrected chi connectivity index (χ2v) is 6.68. The normalized spacial score (nSPS) is 11.4. The third-order valence-electron chi connectivity index (χ3n) is 3.15. The molecule has 0 amide bonds. The first kappa shape index (κ1) is 16.2. The van der Waals surface area contributed by atoms with Crippen molar-refractivity contribution in [2.24, 2.45) is 0 Å². The summed E-state index contributed by atoms with van der Waals surface area (Å²) in [5.41, 5.74) is 0.759. The Morgan fingerprint density at radius 3 is 2.68 bits per heavy atom. The van der Waals surface area contributed by atoms with Gasteiger partial charge in [-0.3, -0.25) is 9.52 Å². The lowest BCUT2D eigenvalue weighted by atomic mass is 10.2. The van der Waals surface area contributed by atoms with E-state index in [-0.39, 0.29) is 17.7 Å². The number of hydrogen-bond acceptors (Lipinski definition) is 3. The highest BCUT2D eigenvalue weighted by molar-refractivity contribution is 7.92. The molecular weight excluding hydrogens is 307 g/mol. The number of hydrogen-bond donors (Lipinski definition) is 1. The van der Waals surface area contributed by atoms with Gasteiger partial charge in [-0.25, -0.2) is 12.8 Å². The van der Waals surface area contributed by atoms with Gasteiger partial charge < -0.3 is 4.57 Å². The van der Waals surface area contributed by atoms with E-state index in [4.69, 9.17) is 0 Å². The van der Waals surface area contributed by atoms with Crippen LogP contribution in [0.3, 0.4) is 0 Å². The van der Waals surface area contributed by atoms with Gasteiger partial charge in [-0.05, 0) is 37.1 Å². The molecule has 0 aliphatic rings. The molecule has 0 aliphatic heterocycles. The number of nitrogens with one attached hydrogen (secondary N) is 1. The smallest absolute Gasteiger partial charge is 0.250 e. The molecule has 2 aromatic rings. The van der Waals surface area contributed by atoms with E-state index >= 15 is 0 Å². The molecule has 0 fully saturated rings. The van der Waals surface area contributed by atoms with Gasteiger partial charge in [0.15, 0.2) is 0 Å². The van der Waals surface area contributed by atoms with Crippen LogP contribution in [0.5, 0.6) is 0 Å². The highest BCUT2D eigenvalue weighted by Crippen LogP contribution is 2.10. The van der Waals surface area contributed by atoms with Crippen molar-refractivity contribution in [3.8, 4) is 0 Å². The van der Waals surface area contributed by atoms with Crippen LogP contribution in [-0.2, 0) is 23.0 Å². The van der Waals surface area contributed by atoms with E-state index in [9.17, 15) is 17.6 Å². The number of pyridine rings is 1. The monoisotopic (exact) mass is 324 g/mol. The molecule has 22 heavy (non-hydrogen) atoms. The molecular formula is C15H17FN2O3S. The van der Waals surface area contributed by atoms with Gasteiger partial charge in [-0.15, -0.1) is 0 Å².